The highest BCUT2D eigenvalue weighted by molar-refractivity contribution is 5.24. The van der Waals surface area contributed by atoms with Crippen molar-refractivity contribution in [3.8, 4) is 5.88 Å². The molecular weight excluding hydrogens is 190 g/mol. The van der Waals surface area contributed by atoms with E-state index in [2.05, 4.69) is 18.8 Å². The van der Waals surface area contributed by atoms with E-state index in [1.54, 1.807) is 6.07 Å². The number of aliphatic hydroxyl groups excluding tert-OH is 1. The van der Waals surface area contributed by atoms with Gasteiger partial charge in [0.1, 0.15) is 0 Å². The van der Waals surface area contributed by atoms with Crippen LogP contribution in [0.5, 0.6) is 5.88 Å². The smallest absolute Gasteiger partial charge is 0.214 e. The van der Waals surface area contributed by atoms with Crippen LogP contribution in [0.3, 0.4) is 0 Å². The van der Waals surface area contributed by atoms with Crippen molar-refractivity contribution in [3.63, 3.8) is 0 Å². The first-order valence-corrected chi connectivity index (χ1v) is 5.28. The zero-order valence-electron chi connectivity index (χ0n) is 9.82. The van der Waals surface area contributed by atoms with E-state index >= 15 is 0 Å². The molecule has 1 aromatic rings. The number of aliphatic hydroxyl groups is 1. The number of ether oxygens (including phenoxy) is 1. The van der Waals surface area contributed by atoms with Crippen molar-refractivity contribution in [1.82, 2.24) is 4.98 Å². The van der Waals surface area contributed by atoms with E-state index in [0.717, 1.165) is 11.3 Å². The lowest BCUT2D eigenvalue weighted by Gasteiger charge is -2.17. The number of hydrogen-bond acceptors (Lipinski definition) is 3. The normalized spacial score (nSPS) is 12.9. The van der Waals surface area contributed by atoms with Crippen molar-refractivity contribution in [2.24, 2.45) is 5.92 Å². The molecule has 0 aliphatic rings. The van der Waals surface area contributed by atoms with Crippen LogP contribution in [-0.4, -0.2) is 16.2 Å². The molecule has 3 heteroatoms. The highest BCUT2D eigenvalue weighted by Crippen LogP contribution is 2.16. The summed E-state index contributed by atoms with van der Waals surface area (Å²) in [5.74, 6) is 1.05. The van der Waals surface area contributed by atoms with Gasteiger partial charge in [-0.3, -0.25) is 0 Å². The third-order valence-electron chi connectivity index (χ3n) is 2.42. The van der Waals surface area contributed by atoms with Gasteiger partial charge >= 0.3 is 0 Å². The number of rotatable bonds is 4. The monoisotopic (exact) mass is 209 g/mol. The summed E-state index contributed by atoms with van der Waals surface area (Å²) in [6.07, 6.45) is 0.130. The zero-order valence-corrected chi connectivity index (χ0v) is 9.82. The molecule has 0 saturated heterocycles. The Bertz CT molecular complexity index is 323. The summed E-state index contributed by atoms with van der Waals surface area (Å²) in [6, 6.07) is 3.64. The Morgan fingerprint density at radius 2 is 2.00 bits per heavy atom. The Morgan fingerprint density at radius 1 is 1.33 bits per heavy atom. The van der Waals surface area contributed by atoms with Crippen LogP contribution in [0.25, 0.3) is 0 Å². The quantitative estimate of drug-likeness (QED) is 0.827. The van der Waals surface area contributed by atoms with Gasteiger partial charge in [-0.05, 0) is 31.4 Å². The Kier molecular flexibility index (Phi) is 4.09. The summed E-state index contributed by atoms with van der Waals surface area (Å²) in [5, 5.41) is 9.05. The molecule has 0 fully saturated rings. The van der Waals surface area contributed by atoms with Crippen LogP contribution in [0, 0.1) is 12.8 Å². The SMILES string of the molecule is Cc1cc(CO)cc(OC(C)C(C)C)n1. The Labute approximate surface area is 91.1 Å². The predicted octanol–water partition coefficient (Wildman–Crippen LogP) is 2.31. The molecule has 0 aromatic carbocycles. The van der Waals surface area contributed by atoms with Crippen LogP contribution < -0.4 is 4.74 Å². The lowest BCUT2D eigenvalue weighted by molar-refractivity contribution is 0.162. The van der Waals surface area contributed by atoms with Crippen LogP contribution in [0.2, 0.25) is 0 Å². The molecule has 84 valence electrons. The van der Waals surface area contributed by atoms with Crippen molar-refractivity contribution >= 4 is 0 Å². The molecule has 1 aromatic heterocycles. The predicted molar refractivity (Wildman–Crippen MR) is 59.8 cm³/mol. The van der Waals surface area contributed by atoms with Gasteiger partial charge in [0.25, 0.3) is 0 Å². The minimum Gasteiger partial charge on any atom is -0.474 e. The van der Waals surface area contributed by atoms with E-state index < -0.39 is 0 Å². The second kappa shape index (κ2) is 5.12. The van der Waals surface area contributed by atoms with E-state index in [4.69, 9.17) is 9.84 Å². The van der Waals surface area contributed by atoms with Crippen LogP contribution in [-0.2, 0) is 6.61 Å². The molecule has 1 rings (SSSR count). The maximum Gasteiger partial charge on any atom is 0.214 e. The average molecular weight is 209 g/mol. The molecule has 0 aliphatic carbocycles. The molecule has 3 nitrogen and oxygen atoms in total. The van der Waals surface area contributed by atoms with Crippen LogP contribution in [0.1, 0.15) is 32.0 Å². The second-order valence-electron chi connectivity index (χ2n) is 4.18. The number of aromatic nitrogens is 1. The third-order valence-corrected chi connectivity index (χ3v) is 2.42. The van der Waals surface area contributed by atoms with Crippen molar-refractivity contribution < 1.29 is 9.84 Å². The molecule has 1 atom stereocenters. The number of pyridine rings is 1. The third kappa shape index (κ3) is 3.51. The molecule has 0 radical (unpaired) electrons. The molecule has 0 bridgehead atoms. The topological polar surface area (TPSA) is 42.4 Å². The van der Waals surface area contributed by atoms with Gasteiger partial charge in [-0.25, -0.2) is 4.98 Å². The molecule has 1 heterocycles. The van der Waals surface area contributed by atoms with Crippen LogP contribution in [0.4, 0.5) is 0 Å². The number of aryl methyl sites for hydroxylation is 1. The van der Waals surface area contributed by atoms with Gasteiger partial charge in [-0.15, -0.1) is 0 Å². The summed E-state index contributed by atoms with van der Waals surface area (Å²) in [6.45, 7) is 8.15. The zero-order chi connectivity index (χ0) is 11.4. The molecule has 15 heavy (non-hydrogen) atoms. The Morgan fingerprint density at radius 3 is 2.53 bits per heavy atom. The molecule has 0 saturated carbocycles. The van der Waals surface area contributed by atoms with Crippen molar-refractivity contribution in [2.75, 3.05) is 0 Å². The minimum atomic E-state index is 0.0236. The summed E-state index contributed by atoms with van der Waals surface area (Å²) in [4.78, 5) is 4.27. The lowest BCUT2D eigenvalue weighted by Crippen LogP contribution is -2.19. The van der Waals surface area contributed by atoms with Gasteiger partial charge in [-0.2, -0.15) is 0 Å². The Hall–Kier alpha value is -1.09. The Balaban J connectivity index is 2.80. The van der Waals surface area contributed by atoms with Crippen molar-refractivity contribution in [1.29, 1.82) is 0 Å². The molecule has 1 unspecified atom stereocenters. The highest BCUT2D eigenvalue weighted by atomic mass is 16.5. The second-order valence-corrected chi connectivity index (χ2v) is 4.18. The van der Waals surface area contributed by atoms with Gasteiger partial charge in [-0.1, -0.05) is 13.8 Å². The fourth-order valence-corrected chi connectivity index (χ4v) is 1.19. The minimum absolute atomic E-state index is 0.0236. The first-order chi connectivity index (χ1) is 7.02. The maximum absolute atomic E-state index is 9.05. The molecule has 0 amide bonds. The van der Waals surface area contributed by atoms with E-state index in [1.807, 2.05) is 19.9 Å². The summed E-state index contributed by atoms with van der Waals surface area (Å²) in [7, 11) is 0. The molecular formula is C12H19NO2. The van der Waals surface area contributed by atoms with E-state index in [9.17, 15) is 0 Å². The number of hydrogen-bond donors (Lipinski definition) is 1. The maximum atomic E-state index is 9.05. The first-order valence-electron chi connectivity index (χ1n) is 5.28. The summed E-state index contributed by atoms with van der Waals surface area (Å²) in [5.41, 5.74) is 1.71. The molecule has 0 aliphatic heterocycles. The lowest BCUT2D eigenvalue weighted by atomic mass is 10.1. The standard InChI is InChI=1S/C12H19NO2/c1-8(2)10(4)15-12-6-11(7-14)5-9(3)13-12/h5-6,8,10,14H,7H2,1-4H3. The number of nitrogens with zero attached hydrogens (tertiary/aromatic N) is 1. The van der Waals surface area contributed by atoms with Gasteiger partial charge in [0.05, 0.1) is 12.7 Å². The van der Waals surface area contributed by atoms with E-state index in [-0.39, 0.29) is 12.7 Å². The van der Waals surface area contributed by atoms with Gasteiger partial charge in [0.15, 0.2) is 0 Å². The summed E-state index contributed by atoms with van der Waals surface area (Å²) >= 11 is 0. The van der Waals surface area contributed by atoms with Crippen molar-refractivity contribution in [2.45, 2.75) is 40.4 Å². The van der Waals surface area contributed by atoms with Gasteiger partial charge in [0.2, 0.25) is 5.88 Å². The van der Waals surface area contributed by atoms with Crippen LogP contribution >= 0.6 is 0 Å². The summed E-state index contributed by atoms with van der Waals surface area (Å²) < 4.78 is 5.68. The van der Waals surface area contributed by atoms with Crippen LogP contribution in [0.15, 0.2) is 12.1 Å². The van der Waals surface area contributed by atoms with E-state index in [1.165, 1.54) is 0 Å². The van der Waals surface area contributed by atoms with Crippen molar-refractivity contribution in [3.05, 3.63) is 23.4 Å². The highest BCUT2D eigenvalue weighted by Gasteiger charge is 2.10. The fraction of sp³-hybridized carbons (Fsp3) is 0.583. The van der Waals surface area contributed by atoms with Gasteiger partial charge in [0, 0.05) is 11.8 Å². The van der Waals surface area contributed by atoms with E-state index in [0.29, 0.717) is 11.8 Å². The first kappa shape index (κ1) is 12.0. The van der Waals surface area contributed by atoms with Gasteiger partial charge < -0.3 is 9.84 Å². The average Bonchev–Trinajstić information content (AvgIpc) is 2.16. The molecule has 0 spiro atoms. The fourth-order valence-electron chi connectivity index (χ4n) is 1.19. The largest absolute Gasteiger partial charge is 0.474 e. The molecule has 1 N–H and O–H groups in total.